The van der Waals surface area contributed by atoms with E-state index in [4.69, 9.17) is 5.84 Å². The highest BCUT2D eigenvalue weighted by atomic mass is 79.9. The van der Waals surface area contributed by atoms with Crippen LogP contribution in [0.2, 0.25) is 0 Å². The Morgan fingerprint density at radius 2 is 1.86 bits per heavy atom. The summed E-state index contributed by atoms with van der Waals surface area (Å²) in [7, 11) is 0. The van der Waals surface area contributed by atoms with Crippen molar-refractivity contribution in [3.05, 3.63) is 39.6 Å². The lowest BCUT2D eigenvalue weighted by Crippen LogP contribution is -2.14. The van der Waals surface area contributed by atoms with Crippen LogP contribution in [0, 0.1) is 18.6 Å². The normalized spacial score (nSPS) is 10.6. The number of hydrogen-bond acceptors (Lipinski definition) is 5. The number of benzene rings is 1. The first-order chi connectivity index (χ1) is 9.96. The van der Waals surface area contributed by atoms with Crippen LogP contribution in [0.15, 0.2) is 16.6 Å². The first kappa shape index (κ1) is 15.6. The largest absolute Gasteiger partial charge is 0.337 e. The number of nitrogen functional groups attached to an aromatic ring is 1. The topological polar surface area (TPSA) is 75.9 Å². The molecule has 21 heavy (non-hydrogen) atoms. The Kier molecular flexibility index (Phi) is 4.69. The van der Waals surface area contributed by atoms with E-state index in [-0.39, 0.29) is 10.2 Å². The van der Waals surface area contributed by atoms with Gasteiger partial charge in [-0.05, 0) is 28.9 Å². The Balaban J connectivity index is 2.46. The van der Waals surface area contributed by atoms with Gasteiger partial charge in [-0.2, -0.15) is 0 Å². The Morgan fingerprint density at radius 3 is 2.48 bits per heavy atom. The summed E-state index contributed by atoms with van der Waals surface area (Å²) in [5.74, 6) is 5.58. The summed E-state index contributed by atoms with van der Waals surface area (Å²) in [5.41, 5.74) is 3.06. The van der Waals surface area contributed by atoms with Gasteiger partial charge in [0.2, 0.25) is 0 Å². The molecule has 0 saturated carbocycles. The van der Waals surface area contributed by atoms with E-state index in [9.17, 15) is 8.78 Å². The quantitative estimate of drug-likeness (QED) is 0.444. The number of aryl methyl sites for hydroxylation is 1. The number of hydrazine groups is 1. The molecular weight excluding hydrogens is 344 g/mol. The molecule has 0 spiro atoms. The summed E-state index contributed by atoms with van der Waals surface area (Å²) >= 11 is 2.93. The Hall–Kier alpha value is -1.80. The molecule has 2 rings (SSSR count). The molecule has 112 valence electrons. The second-order valence-corrected chi connectivity index (χ2v) is 5.19. The van der Waals surface area contributed by atoms with Crippen LogP contribution in [0.25, 0.3) is 0 Å². The SMILES string of the molecule is CCc1nc(NN)c(C)c(Nc2cc(F)c(Br)cc2F)n1. The summed E-state index contributed by atoms with van der Waals surface area (Å²) in [5, 5.41) is 2.78. The molecule has 4 N–H and O–H groups in total. The highest BCUT2D eigenvalue weighted by molar-refractivity contribution is 9.10. The van der Waals surface area contributed by atoms with Crippen LogP contribution in [0.3, 0.4) is 0 Å². The van der Waals surface area contributed by atoms with Crippen LogP contribution in [0.4, 0.5) is 26.1 Å². The van der Waals surface area contributed by atoms with E-state index in [1.54, 1.807) is 6.92 Å². The second kappa shape index (κ2) is 6.31. The minimum Gasteiger partial charge on any atom is -0.337 e. The van der Waals surface area contributed by atoms with Gasteiger partial charge >= 0.3 is 0 Å². The fraction of sp³-hybridized carbons (Fsp3) is 0.231. The smallest absolute Gasteiger partial charge is 0.148 e. The van der Waals surface area contributed by atoms with E-state index in [0.29, 0.717) is 29.4 Å². The third kappa shape index (κ3) is 3.27. The molecule has 0 saturated heterocycles. The minimum absolute atomic E-state index is 0.0116. The van der Waals surface area contributed by atoms with Crippen molar-refractivity contribution in [2.75, 3.05) is 10.7 Å². The van der Waals surface area contributed by atoms with Gasteiger partial charge in [0.1, 0.15) is 29.1 Å². The third-order valence-corrected chi connectivity index (χ3v) is 3.52. The van der Waals surface area contributed by atoms with E-state index >= 15 is 0 Å². The van der Waals surface area contributed by atoms with E-state index < -0.39 is 11.6 Å². The molecule has 1 heterocycles. The van der Waals surface area contributed by atoms with Crippen molar-refractivity contribution in [1.82, 2.24) is 9.97 Å². The number of nitrogens with two attached hydrogens (primary N) is 1. The maximum Gasteiger partial charge on any atom is 0.148 e. The summed E-state index contributed by atoms with van der Waals surface area (Å²) < 4.78 is 27.5. The van der Waals surface area contributed by atoms with Gasteiger partial charge < -0.3 is 10.7 Å². The maximum absolute atomic E-state index is 13.9. The fourth-order valence-corrected chi connectivity index (χ4v) is 2.04. The van der Waals surface area contributed by atoms with E-state index in [1.165, 1.54) is 0 Å². The van der Waals surface area contributed by atoms with Crippen LogP contribution < -0.4 is 16.6 Å². The Labute approximate surface area is 129 Å². The van der Waals surface area contributed by atoms with Crippen molar-refractivity contribution in [2.45, 2.75) is 20.3 Å². The van der Waals surface area contributed by atoms with Crippen molar-refractivity contribution in [3.63, 3.8) is 0 Å². The standard InChI is InChI=1S/C13H14BrF2N5/c1-3-11-19-12(6(2)13(20-11)21-17)18-10-5-8(15)7(14)4-9(10)16/h4-5H,3,17H2,1-2H3,(H2,18,19,20,21). The fourth-order valence-electron chi connectivity index (χ4n) is 1.73. The van der Waals surface area contributed by atoms with Gasteiger partial charge in [0.05, 0.1) is 10.2 Å². The van der Waals surface area contributed by atoms with E-state index in [2.05, 4.69) is 36.6 Å². The molecule has 0 aliphatic heterocycles. The number of anilines is 3. The van der Waals surface area contributed by atoms with Crippen molar-refractivity contribution >= 4 is 33.3 Å². The lowest BCUT2D eigenvalue weighted by molar-refractivity contribution is 0.597. The van der Waals surface area contributed by atoms with Gasteiger partial charge in [0, 0.05) is 18.1 Å². The van der Waals surface area contributed by atoms with Gasteiger partial charge in [0.25, 0.3) is 0 Å². The zero-order valence-corrected chi connectivity index (χ0v) is 13.1. The predicted octanol–water partition coefficient (Wildman–Crippen LogP) is 3.42. The molecule has 0 aliphatic carbocycles. The molecule has 1 aromatic heterocycles. The molecule has 5 nitrogen and oxygen atoms in total. The summed E-state index contributed by atoms with van der Waals surface area (Å²) in [6.07, 6.45) is 0.584. The van der Waals surface area contributed by atoms with Crippen molar-refractivity contribution < 1.29 is 8.78 Å². The minimum atomic E-state index is -0.596. The van der Waals surface area contributed by atoms with Crippen LogP contribution in [0.5, 0.6) is 0 Å². The molecule has 8 heteroatoms. The Morgan fingerprint density at radius 1 is 1.19 bits per heavy atom. The summed E-state index contributed by atoms with van der Waals surface area (Å²) in [6, 6.07) is 2.11. The molecule has 0 radical (unpaired) electrons. The highest BCUT2D eigenvalue weighted by Crippen LogP contribution is 2.28. The first-order valence-corrected chi connectivity index (χ1v) is 7.01. The summed E-state index contributed by atoms with van der Waals surface area (Å²) in [4.78, 5) is 8.47. The van der Waals surface area contributed by atoms with Gasteiger partial charge in [-0.15, -0.1) is 0 Å². The molecular formula is C13H14BrF2N5. The van der Waals surface area contributed by atoms with Crippen molar-refractivity contribution in [1.29, 1.82) is 0 Å². The van der Waals surface area contributed by atoms with Crippen molar-refractivity contribution in [2.24, 2.45) is 5.84 Å². The molecule has 0 bridgehead atoms. The molecule has 2 aromatic rings. The third-order valence-electron chi connectivity index (χ3n) is 2.91. The number of nitrogens with one attached hydrogen (secondary N) is 2. The zero-order valence-electron chi connectivity index (χ0n) is 11.5. The van der Waals surface area contributed by atoms with Crippen molar-refractivity contribution in [3.8, 4) is 0 Å². The number of aromatic nitrogens is 2. The number of nitrogens with zero attached hydrogens (tertiary/aromatic N) is 2. The number of halogens is 3. The first-order valence-electron chi connectivity index (χ1n) is 6.22. The molecule has 0 aliphatic rings. The van der Waals surface area contributed by atoms with Gasteiger partial charge in [0.15, 0.2) is 0 Å². The lowest BCUT2D eigenvalue weighted by atomic mass is 10.2. The van der Waals surface area contributed by atoms with Gasteiger partial charge in [-0.1, -0.05) is 6.92 Å². The Bertz CT molecular complexity index is 678. The van der Waals surface area contributed by atoms with Gasteiger partial charge in [-0.25, -0.2) is 24.6 Å². The maximum atomic E-state index is 13.9. The van der Waals surface area contributed by atoms with Crippen LogP contribution in [-0.2, 0) is 6.42 Å². The van der Waals surface area contributed by atoms with Gasteiger partial charge in [-0.3, -0.25) is 0 Å². The number of hydrogen-bond donors (Lipinski definition) is 3. The number of rotatable bonds is 4. The lowest BCUT2D eigenvalue weighted by Gasteiger charge is -2.14. The van der Waals surface area contributed by atoms with Crippen LogP contribution in [-0.4, -0.2) is 9.97 Å². The highest BCUT2D eigenvalue weighted by Gasteiger charge is 2.13. The van der Waals surface area contributed by atoms with E-state index in [0.717, 1.165) is 12.1 Å². The predicted molar refractivity (Wildman–Crippen MR) is 81.3 cm³/mol. The summed E-state index contributed by atoms with van der Waals surface area (Å²) in [6.45, 7) is 3.61. The van der Waals surface area contributed by atoms with Crippen LogP contribution >= 0.6 is 15.9 Å². The van der Waals surface area contributed by atoms with E-state index in [1.807, 2.05) is 6.92 Å². The average molecular weight is 358 g/mol. The molecule has 1 aromatic carbocycles. The van der Waals surface area contributed by atoms with Crippen LogP contribution in [0.1, 0.15) is 18.3 Å². The average Bonchev–Trinajstić information content (AvgIpc) is 2.46. The second-order valence-electron chi connectivity index (χ2n) is 4.33. The molecule has 0 atom stereocenters. The zero-order chi connectivity index (χ0) is 15.6. The molecule has 0 amide bonds. The molecule has 0 fully saturated rings. The monoisotopic (exact) mass is 357 g/mol. The molecule has 0 unspecified atom stereocenters.